The number of carbonyl (C=O) groups is 1. The number of aryl methyl sites for hydroxylation is 1. The van der Waals surface area contributed by atoms with Gasteiger partial charge in [-0.1, -0.05) is 13.3 Å². The van der Waals surface area contributed by atoms with Gasteiger partial charge in [0.15, 0.2) is 0 Å². The molecule has 1 aliphatic rings. The molecule has 2 rings (SSSR count). The number of nitrogens with zero attached hydrogens (tertiary/aromatic N) is 1. The molecule has 0 spiro atoms. The molecule has 3 heteroatoms. The molecule has 106 valence electrons. The van der Waals surface area contributed by atoms with Crippen LogP contribution in [-0.2, 0) is 11.2 Å². The smallest absolute Gasteiger partial charge is 0.220 e. The Kier molecular flexibility index (Phi) is 4.67. The molecule has 0 radical (unpaired) electrons. The Labute approximate surface area is 116 Å². The molecule has 0 bridgehead atoms. The van der Waals surface area contributed by atoms with Crippen LogP contribution in [0.4, 0.5) is 0 Å². The quantitative estimate of drug-likeness (QED) is 0.804. The fourth-order valence-electron chi connectivity index (χ4n) is 2.76. The third kappa shape index (κ3) is 3.62. The number of amides is 1. The van der Waals surface area contributed by atoms with Crippen molar-refractivity contribution in [2.45, 2.75) is 65.3 Å². The molecule has 1 amide bonds. The molecule has 0 atom stereocenters. The van der Waals surface area contributed by atoms with Crippen LogP contribution in [-0.4, -0.2) is 17.0 Å². The second kappa shape index (κ2) is 6.27. The molecule has 3 nitrogen and oxygen atoms in total. The molecule has 1 aromatic rings. The van der Waals surface area contributed by atoms with Crippen LogP contribution in [0, 0.1) is 13.8 Å². The van der Waals surface area contributed by atoms with E-state index in [0.717, 1.165) is 31.8 Å². The Bertz CT molecular complexity index is 444. The summed E-state index contributed by atoms with van der Waals surface area (Å²) in [6, 6.07) is 3.03. The van der Waals surface area contributed by atoms with Gasteiger partial charge in [-0.05, 0) is 51.2 Å². The second-order valence-corrected chi connectivity index (χ2v) is 5.70. The lowest BCUT2D eigenvalue weighted by Crippen LogP contribution is -2.25. The van der Waals surface area contributed by atoms with Crippen molar-refractivity contribution >= 4 is 5.91 Å². The third-order valence-electron chi connectivity index (χ3n) is 3.98. The summed E-state index contributed by atoms with van der Waals surface area (Å²) in [7, 11) is 0. The first kappa shape index (κ1) is 14.2. The van der Waals surface area contributed by atoms with Crippen LogP contribution in [0.25, 0.3) is 0 Å². The highest BCUT2D eigenvalue weighted by Crippen LogP contribution is 2.38. The topological polar surface area (TPSA) is 34.0 Å². The van der Waals surface area contributed by atoms with Crippen molar-refractivity contribution in [3.8, 4) is 0 Å². The molecular weight excluding hydrogens is 236 g/mol. The van der Waals surface area contributed by atoms with Crippen LogP contribution < -0.4 is 5.32 Å². The van der Waals surface area contributed by atoms with Gasteiger partial charge in [0.1, 0.15) is 0 Å². The van der Waals surface area contributed by atoms with E-state index in [1.165, 1.54) is 29.8 Å². The highest BCUT2D eigenvalue weighted by molar-refractivity contribution is 5.75. The van der Waals surface area contributed by atoms with Crippen molar-refractivity contribution in [3.05, 3.63) is 23.0 Å². The summed E-state index contributed by atoms with van der Waals surface area (Å²) in [5.74, 6) is 0.192. The van der Waals surface area contributed by atoms with E-state index in [-0.39, 0.29) is 5.91 Å². The summed E-state index contributed by atoms with van der Waals surface area (Å²) in [5, 5.41) is 3.02. The number of carbonyl (C=O) groups excluding carboxylic acids is 1. The Morgan fingerprint density at radius 3 is 2.79 bits per heavy atom. The van der Waals surface area contributed by atoms with Crippen LogP contribution in [0.2, 0.25) is 0 Å². The number of aromatic nitrogens is 1. The van der Waals surface area contributed by atoms with E-state index in [4.69, 9.17) is 0 Å². The Morgan fingerprint density at radius 1 is 1.42 bits per heavy atom. The van der Waals surface area contributed by atoms with Crippen LogP contribution in [0.5, 0.6) is 0 Å². The van der Waals surface area contributed by atoms with Gasteiger partial charge in [0.05, 0.1) is 0 Å². The Balaban J connectivity index is 1.83. The van der Waals surface area contributed by atoms with Crippen LogP contribution in [0.15, 0.2) is 6.07 Å². The standard InChI is InChI=1S/C16H26N2O/c1-4-5-6-16(19)17-10-9-14-11-12(2)18(13(14)3)15-7-8-15/h11,15H,4-10H2,1-3H3,(H,17,19). The minimum absolute atomic E-state index is 0.192. The van der Waals surface area contributed by atoms with E-state index < -0.39 is 0 Å². The molecule has 1 saturated carbocycles. The van der Waals surface area contributed by atoms with E-state index in [1.807, 2.05) is 0 Å². The predicted molar refractivity (Wildman–Crippen MR) is 78.4 cm³/mol. The fourth-order valence-corrected chi connectivity index (χ4v) is 2.76. The average molecular weight is 262 g/mol. The average Bonchev–Trinajstić information content (AvgIpc) is 3.15. The minimum atomic E-state index is 0.192. The molecule has 0 aliphatic heterocycles. The van der Waals surface area contributed by atoms with Crippen LogP contribution >= 0.6 is 0 Å². The van der Waals surface area contributed by atoms with E-state index in [1.54, 1.807) is 0 Å². The van der Waals surface area contributed by atoms with Gasteiger partial charge in [-0.15, -0.1) is 0 Å². The molecule has 0 aromatic carbocycles. The second-order valence-electron chi connectivity index (χ2n) is 5.70. The molecule has 1 heterocycles. The largest absolute Gasteiger partial charge is 0.356 e. The Morgan fingerprint density at radius 2 is 2.16 bits per heavy atom. The lowest BCUT2D eigenvalue weighted by atomic mass is 10.1. The summed E-state index contributed by atoms with van der Waals surface area (Å²) in [6.07, 6.45) is 6.33. The van der Waals surface area contributed by atoms with Crippen molar-refractivity contribution in [1.29, 1.82) is 0 Å². The first-order valence-electron chi connectivity index (χ1n) is 7.57. The van der Waals surface area contributed by atoms with Crippen molar-refractivity contribution in [2.75, 3.05) is 6.54 Å². The summed E-state index contributed by atoms with van der Waals surface area (Å²) in [4.78, 5) is 11.6. The normalized spacial score (nSPS) is 14.7. The molecule has 1 aromatic heterocycles. The predicted octanol–water partition coefficient (Wildman–Crippen LogP) is 3.29. The maximum atomic E-state index is 11.6. The monoisotopic (exact) mass is 262 g/mol. The minimum Gasteiger partial charge on any atom is -0.356 e. The van der Waals surface area contributed by atoms with Gasteiger partial charge in [-0.3, -0.25) is 4.79 Å². The zero-order valence-electron chi connectivity index (χ0n) is 12.5. The number of unbranched alkanes of at least 4 members (excludes halogenated alkanes) is 1. The van der Waals surface area contributed by atoms with Crippen LogP contribution in [0.3, 0.4) is 0 Å². The van der Waals surface area contributed by atoms with Crippen LogP contribution in [0.1, 0.15) is 62.0 Å². The van der Waals surface area contributed by atoms with Gasteiger partial charge < -0.3 is 9.88 Å². The highest BCUT2D eigenvalue weighted by Gasteiger charge is 2.26. The van der Waals surface area contributed by atoms with E-state index in [9.17, 15) is 4.79 Å². The molecule has 0 saturated heterocycles. The maximum absolute atomic E-state index is 11.6. The summed E-state index contributed by atoms with van der Waals surface area (Å²) < 4.78 is 2.47. The van der Waals surface area contributed by atoms with E-state index >= 15 is 0 Å². The van der Waals surface area contributed by atoms with Crippen molar-refractivity contribution in [1.82, 2.24) is 9.88 Å². The number of hydrogen-bond acceptors (Lipinski definition) is 1. The lowest BCUT2D eigenvalue weighted by Gasteiger charge is -2.08. The zero-order valence-corrected chi connectivity index (χ0v) is 12.5. The molecule has 1 fully saturated rings. The lowest BCUT2D eigenvalue weighted by molar-refractivity contribution is -0.121. The number of hydrogen-bond donors (Lipinski definition) is 1. The third-order valence-corrected chi connectivity index (χ3v) is 3.98. The molecule has 1 N–H and O–H groups in total. The first-order valence-corrected chi connectivity index (χ1v) is 7.57. The summed E-state index contributed by atoms with van der Waals surface area (Å²) >= 11 is 0. The highest BCUT2D eigenvalue weighted by atomic mass is 16.1. The molecule has 19 heavy (non-hydrogen) atoms. The fraction of sp³-hybridized carbons (Fsp3) is 0.688. The first-order chi connectivity index (χ1) is 9.13. The van der Waals surface area contributed by atoms with Gasteiger partial charge in [0.25, 0.3) is 0 Å². The van der Waals surface area contributed by atoms with Crippen molar-refractivity contribution in [2.24, 2.45) is 0 Å². The van der Waals surface area contributed by atoms with Gasteiger partial charge in [0.2, 0.25) is 5.91 Å². The molecule has 1 aliphatic carbocycles. The maximum Gasteiger partial charge on any atom is 0.220 e. The van der Waals surface area contributed by atoms with Gasteiger partial charge in [-0.2, -0.15) is 0 Å². The van der Waals surface area contributed by atoms with Gasteiger partial charge in [0, 0.05) is 30.4 Å². The number of nitrogens with one attached hydrogen (secondary N) is 1. The van der Waals surface area contributed by atoms with E-state index in [2.05, 4.69) is 36.7 Å². The van der Waals surface area contributed by atoms with Gasteiger partial charge in [-0.25, -0.2) is 0 Å². The SMILES string of the molecule is CCCCC(=O)NCCc1cc(C)n(C2CC2)c1C. The molecule has 0 unspecified atom stereocenters. The summed E-state index contributed by atoms with van der Waals surface area (Å²) in [6.45, 7) is 7.27. The van der Waals surface area contributed by atoms with Crippen molar-refractivity contribution in [3.63, 3.8) is 0 Å². The van der Waals surface area contributed by atoms with Gasteiger partial charge >= 0.3 is 0 Å². The van der Waals surface area contributed by atoms with Crippen molar-refractivity contribution < 1.29 is 4.79 Å². The zero-order chi connectivity index (χ0) is 13.8. The molecular formula is C16H26N2O. The van der Waals surface area contributed by atoms with E-state index in [0.29, 0.717) is 6.42 Å². The summed E-state index contributed by atoms with van der Waals surface area (Å²) in [5.41, 5.74) is 4.15. The Hall–Kier alpha value is -1.25. The number of rotatable bonds is 7.